The number of carbonyl (C=O) groups is 2. The number of aromatic nitrogens is 2. The summed E-state index contributed by atoms with van der Waals surface area (Å²) in [5.41, 5.74) is 4.13. The van der Waals surface area contributed by atoms with Crippen LogP contribution in [0.15, 0.2) is 36.7 Å². The Morgan fingerprint density at radius 2 is 1.22 bits per heavy atom. The van der Waals surface area contributed by atoms with E-state index in [-0.39, 0.29) is 0 Å². The summed E-state index contributed by atoms with van der Waals surface area (Å²) in [6.07, 6.45) is -6.03. The molecule has 0 spiro atoms. The van der Waals surface area contributed by atoms with E-state index in [1.54, 1.807) is 0 Å². The number of carboxylic acid groups (broad SMARTS) is 2. The molecule has 2 aliphatic rings. The molecule has 2 aromatic rings. The van der Waals surface area contributed by atoms with Crippen molar-refractivity contribution in [2.45, 2.75) is 32.4 Å². The van der Waals surface area contributed by atoms with Gasteiger partial charge in [-0.15, -0.1) is 0 Å². The molecule has 206 valence electrons. The third-order valence-corrected chi connectivity index (χ3v) is 5.81. The molecular formula is C23H28F6N4O4. The largest absolute Gasteiger partial charge is 0.490 e. The Morgan fingerprint density at radius 1 is 0.838 bits per heavy atom. The number of aryl methyl sites for hydroxylation is 2. The minimum Gasteiger partial charge on any atom is -0.475 e. The van der Waals surface area contributed by atoms with E-state index in [4.69, 9.17) is 19.8 Å². The summed E-state index contributed by atoms with van der Waals surface area (Å²) in [6, 6.07) is 9.00. The quantitative estimate of drug-likeness (QED) is 0.575. The number of benzene rings is 1. The zero-order valence-corrected chi connectivity index (χ0v) is 20.1. The Bertz CT molecular complexity index is 1000. The van der Waals surface area contributed by atoms with Gasteiger partial charge in [-0.1, -0.05) is 29.8 Å². The van der Waals surface area contributed by atoms with Gasteiger partial charge in [0.15, 0.2) is 0 Å². The van der Waals surface area contributed by atoms with Crippen molar-refractivity contribution in [3.63, 3.8) is 0 Å². The van der Waals surface area contributed by atoms with Gasteiger partial charge >= 0.3 is 24.3 Å². The highest BCUT2D eigenvalue weighted by molar-refractivity contribution is 5.73. The fourth-order valence-electron chi connectivity index (χ4n) is 4.21. The smallest absolute Gasteiger partial charge is 0.475 e. The average Bonchev–Trinajstić information content (AvgIpc) is 3.44. The van der Waals surface area contributed by atoms with Crippen molar-refractivity contribution >= 4 is 11.9 Å². The highest BCUT2D eigenvalue weighted by atomic mass is 19.4. The van der Waals surface area contributed by atoms with E-state index in [1.807, 2.05) is 17.9 Å². The molecule has 1 aromatic carbocycles. The summed E-state index contributed by atoms with van der Waals surface area (Å²) < 4.78 is 65.4. The number of likely N-dealkylation sites (tertiary alicyclic amines) is 2. The van der Waals surface area contributed by atoms with Crippen LogP contribution in [0.2, 0.25) is 0 Å². The van der Waals surface area contributed by atoms with E-state index in [9.17, 15) is 26.3 Å². The first kappa shape index (κ1) is 30.1. The van der Waals surface area contributed by atoms with Crippen molar-refractivity contribution in [2.24, 2.45) is 18.9 Å². The molecule has 1 aromatic heterocycles. The van der Waals surface area contributed by atoms with Crippen molar-refractivity contribution in [1.29, 1.82) is 0 Å². The molecule has 8 nitrogen and oxygen atoms in total. The lowest BCUT2D eigenvalue weighted by molar-refractivity contribution is -0.193. The van der Waals surface area contributed by atoms with E-state index in [0.29, 0.717) is 0 Å². The van der Waals surface area contributed by atoms with Crippen LogP contribution in [-0.4, -0.2) is 80.3 Å². The second kappa shape index (κ2) is 12.4. The lowest BCUT2D eigenvalue weighted by atomic mass is 10.0. The van der Waals surface area contributed by atoms with Crippen LogP contribution in [0.1, 0.15) is 16.7 Å². The maximum atomic E-state index is 10.6. The summed E-state index contributed by atoms with van der Waals surface area (Å²) in [7, 11) is 1.99. The molecule has 2 atom stereocenters. The summed E-state index contributed by atoms with van der Waals surface area (Å²) in [4.78, 5) is 23.0. The molecule has 0 amide bonds. The molecular weight excluding hydrogens is 510 g/mol. The van der Waals surface area contributed by atoms with Gasteiger partial charge in [0, 0.05) is 58.1 Å². The van der Waals surface area contributed by atoms with Gasteiger partial charge in [0.25, 0.3) is 0 Å². The first-order valence-corrected chi connectivity index (χ1v) is 11.1. The van der Waals surface area contributed by atoms with Crippen molar-refractivity contribution < 1.29 is 46.1 Å². The summed E-state index contributed by atoms with van der Waals surface area (Å²) >= 11 is 0. The van der Waals surface area contributed by atoms with Gasteiger partial charge < -0.3 is 10.2 Å². The number of rotatable bonds is 4. The molecule has 0 unspecified atom stereocenters. The predicted octanol–water partition coefficient (Wildman–Crippen LogP) is 3.56. The number of carboxylic acids is 2. The number of alkyl halides is 6. The van der Waals surface area contributed by atoms with Gasteiger partial charge in [0.1, 0.15) is 0 Å². The number of hydrogen-bond acceptors (Lipinski definition) is 5. The molecule has 0 saturated carbocycles. The third kappa shape index (κ3) is 10.0. The van der Waals surface area contributed by atoms with Gasteiger partial charge in [-0.25, -0.2) is 9.59 Å². The van der Waals surface area contributed by atoms with E-state index >= 15 is 0 Å². The number of aliphatic carboxylic acids is 2. The normalized spacial score (nSPS) is 19.9. The first-order chi connectivity index (χ1) is 17.0. The standard InChI is InChI=1S/C19H26N4.2C2HF3O2/c1-15-3-5-16(6-4-15)9-22-11-18-13-23(14-19(18)12-22)10-17-7-20-21(2)8-17;2*3-2(4,5)1(6)7/h3-8,18-19H,9-14H2,1-2H3;2*(H,6,7)/t18-,19+;;. The zero-order valence-electron chi connectivity index (χ0n) is 20.1. The SMILES string of the molecule is Cc1ccc(CN2C[C@@H]3CN(Cc4cnn(C)c4)C[C@@H]3C2)cc1.O=C(O)C(F)(F)F.O=C(O)C(F)(F)F. The number of hydrogen-bond donors (Lipinski definition) is 2. The van der Waals surface area contributed by atoms with Crippen molar-refractivity contribution in [1.82, 2.24) is 19.6 Å². The summed E-state index contributed by atoms with van der Waals surface area (Å²) in [5.74, 6) is -3.82. The molecule has 2 fully saturated rings. The average molecular weight is 538 g/mol. The number of fused-ring (bicyclic) bond motifs is 1. The zero-order chi connectivity index (χ0) is 28.0. The second-order valence-corrected chi connectivity index (χ2v) is 9.02. The lowest BCUT2D eigenvalue weighted by Crippen LogP contribution is -2.28. The number of nitrogens with zero attached hydrogens (tertiary/aromatic N) is 4. The summed E-state index contributed by atoms with van der Waals surface area (Å²) in [5, 5.41) is 18.5. The van der Waals surface area contributed by atoms with Gasteiger partial charge in [0.05, 0.1) is 6.20 Å². The Kier molecular flexibility index (Phi) is 10.1. The van der Waals surface area contributed by atoms with Crippen LogP contribution in [-0.2, 0) is 29.7 Å². The van der Waals surface area contributed by atoms with Gasteiger partial charge in [-0.2, -0.15) is 31.4 Å². The van der Waals surface area contributed by atoms with E-state index < -0.39 is 24.3 Å². The molecule has 37 heavy (non-hydrogen) atoms. The summed E-state index contributed by atoms with van der Waals surface area (Å²) in [6.45, 7) is 9.30. The van der Waals surface area contributed by atoms with Crippen LogP contribution < -0.4 is 0 Å². The van der Waals surface area contributed by atoms with Crippen LogP contribution in [0.5, 0.6) is 0 Å². The topological polar surface area (TPSA) is 98.9 Å². The van der Waals surface area contributed by atoms with Crippen molar-refractivity contribution in [3.8, 4) is 0 Å². The second-order valence-electron chi connectivity index (χ2n) is 9.02. The number of halogens is 6. The van der Waals surface area contributed by atoms with E-state index in [0.717, 1.165) is 24.9 Å². The third-order valence-electron chi connectivity index (χ3n) is 5.81. The molecule has 2 saturated heterocycles. The molecule has 14 heteroatoms. The predicted molar refractivity (Wildman–Crippen MR) is 119 cm³/mol. The Hall–Kier alpha value is -3.13. The molecule has 4 rings (SSSR count). The Morgan fingerprint density at radius 3 is 1.54 bits per heavy atom. The van der Waals surface area contributed by atoms with Crippen LogP contribution in [0.3, 0.4) is 0 Å². The molecule has 3 heterocycles. The highest BCUT2D eigenvalue weighted by Crippen LogP contribution is 2.32. The maximum Gasteiger partial charge on any atom is 0.490 e. The lowest BCUT2D eigenvalue weighted by Gasteiger charge is -2.21. The monoisotopic (exact) mass is 538 g/mol. The minimum absolute atomic E-state index is 0.845. The first-order valence-electron chi connectivity index (χ1n) is 11.1. The molecule has 0 aliphatic carbocycles. The minimum atomic E-state index is -5.08. The molecule has 0 radical (unpaired) electrons. The van der Waals surface area contributed by atoms with Crippen molar-refractivity contribution in [2.75, 3.05) is 26.2 Å². The van der Waals surface area contributed by atoms with E-state index in [1.165, 1.54) is 42.9 Å². The van der Waals surface area contributed by atoms with Crippen LogP contribution in [0.25, 0.3) is 0 Å². The van der Waals surface area contributed by atoms with Crippen molar-refractivity contribution in [3.05, 3.63) is 53.3 Å². The highest BCUT2D eigenvalue weighted by Gasteiger charge is 2.40. The van der Waals surface area contributed by atoms with Gasteiger partial charge in [0.2, 0.25) is 0 Å². The van der Waals surface area contributed by atoms with E-state index in [2.05, 4.69) is 52.3 Å². The Balaban J connectivity index is 0.000000286. The molecule has 2 N–H and O–H groups in total. The van der Waals surface area contributed by atoms with Gasteiger partial charge in [-0.05, 0) is 24.3 Å². The Labute approximate surface area is 209 Å². The van der Waals surface area contributed by atoms with Crippen LogP contribution in [0.4, 0.5) is 26.3 Å². The fourth-order valence-corrected chi connectivity index (χ4v) is 4.21. The van der Waals surface area contributed by atoms with Gasteiger partial charge in [-0.3, -0.25) is 14.5 Å². The maximum absolute atomic E-state index is 10.6. The molecule has 0 bridgehead atoms. The van der Waals surface area contributed by atoms with Crippen LogP contribution >= 0.6 is 0 Å². The fraction of sp³-hybridized carbons (Fsp3) is 0.522. The molecule has 2 aliphatic heterocycles. The van der Waals surface area contributed by atoms with Crippen LogP contribution in [0, 0.1) is 18.8 Å².